The van der Waals surface area contributed by atoms with Crippen LogP contribution in [-0.2, 0) is 6.54 Å². The Morgan fingerprint density at radius 3 is 2.45 bits per heavy atom. The van der Waals surface area contributed by atoms with Gasteiger partial charge in [0, 0.05) is 11.0 Å². The Bertz CT molecular complexity index is 684. The quantitative estimate of drug-likeness (QED) is 0.873. The summed E-state index contributed by atoms with van der Waals surface area (Å²) in [5, 5.41) is 12.5. The average molecular weight is 329 g/mol. The van der Waals surface area contributed by atoms with Gasteiger partial charge in [0.1, 0.15) is 6.07 Å². The number of rotatable bonds is 3. The van der Waals surface area contributed by atoms with Crippen molar-refractivity contribution in [2.24, 2.45) is 0 Å². The summed E-state index contributed by atoms with van der Waals surface area (Å²) in [5.41, 5.74) is 6.67. The van der Waals surface area contributed by atoms with Crippen molar-refractivity contribution in [3.05, 3.63) is 62.6 Å². The van der Waals surface area contributed by atoms with Crippen LogP contribution in [0, 0.1) is 32.1 Å². The molecular weight excluding hydrogens is 312 g/mol. The monoisotopic (exact) mass is 328 g/mol. The van der Waals surface area contributed by atoms with Gasteiger partial charge in [0.25, 0.3) is 0 Å². The Labute approximate surface area is 128 Å². The number of hydrogen-bond acceptors (Lipinski definition) is 2. The summed E-state index contributed by atoms with van der Waals surface area (Å²) in [6.07, 6.45) is 0. The molecular formula is C17H17BrN2. The molecule has 0 aromatic heterocycles. The summed E-state index contributed by atoms with van der Waals surface area (Å²) in [6.45, 7) is 7.10. The molecule has 2 nitrogen and oxygen atoms in total. The van der Waals surface area contributed by atoms with Gasteiger partial charge in [-0.1, -0.05) is 28.1 Å². The zero-order valence-electron chi connectivity index (χ0n) is 11.9. The van der Waals surface area contributed by atoms with Crippen molar-refractivity contribution in [2.75, 3.05) is 5.32 Å². The Balaban J connectivity index is 2.21. The second-order valence-corrected chi connectivity index (χ2v) is 5.93. The van der Waals surface area contributed by atoms with Crippen molar-refractivity contribution < 1.29 is 0 Å². The lowest BCUT2D eigenvalue weighted by atomic mass is 10.0. The minimum absolute atomic E-state index is 0.654. The highest BCUT2D eigenvalue weighted by Crippen LogP contribution is 2.22. The van der Waals surface area contributed by atoms with Gasteiger partial charge in [0.2, 0.25) is 0 Å². The van der Waals surface area contributed by atoms with Crippen LogP contribution in [0.1, 0.15) is 27.8 Å². The molecule has 1 N–H and O–H groups in total. The zero-order chi connectivity index (χ0) is 14.7. The number of aryl methyl sites for hydroxylation is 3. The van der Waals surface area contributed by atoms with Crippen LogP contribution in [0.4, 0.5) is 5.69 Å². The Morgan fingerprint density at radius 2 is 1.75 bits per heavy atom. The summed E-state index contributed by atoms with van der Waals surface area (Å²) in [4.78, 5) is 0. The van der Waals surface area contributed by atoms with Crippen LogP contribution in [0.2, 0.25) is 0 Å². The van der Waals surface area contributed by atoms with Gasteiger partial charge < -0.3 is 5.32 Å². The maximum absolute atomic E-state index is 9.16. The van der Waals surface area contributed by atoms with Gasteiger partial charge in [-0.3, -0.25) is 0 Å². The molecule has 0 bridgehead atoms. The Morgan fingerprint density at radius 1 is 1.05 bits per heavy atom. The smallest absolute Gasteiger partial charge is 0.101 e. The fourth-order valence-corrected chi connectivity index (χ4v) is 2.53. The van der Waals surface area contributed by atoms with E-state index in [2.05, 4.69) is 60.2 Å². The Kier molecular flexibility index (Phi) is 4.46. The van der Waals surface area contributed by atoms with E-state index in [9.17, 15) is 0 Å². The van der Waals surface area contributed by atoms with E-state index in [4.69, 9.17) is 5.26 Å². The molecule has 0 saturated carbocycles. The lowest BCUT2D eigenvalue weighted by Crippen LogP contribution is -2.04. The third kappa shape index (κ3) is 3.20. The largest absolute Gasteiger partial charge is 0.380 e. The third-order valence-corrected chi connectivity index (χ3v) is 4.02. The van der Waals surface area contributed by atoms with Crippen LogP contribution in [0.25, 0.3) is 0 Å². The highest BCUT2D eigenvalue weighted by molar-refractivity contribution is 9.10. The molecule has 0 unspecified atom stereocenters. The summed E-state index contributed by atoms with van der Waals surface area (Å²) < 4.78 is 0.918. The van der Waals surface area contributed by atoms with E-state index < -0.39 is 0 Å². The van der Waals surface area contributed by atoms with E-state index in [-0.39, 0.29) is 0 Å². The van der Waals surface area contributed by atoms with Crippen molar-refractivity contribution in [1.29, 1.82) is 5.26 Å². The molecule has 0 radical (unpaired) electrons. The maximum atomic E-state index is 9.16. The molecule has 2 aromatic rings. The topological polar surface area (TPSA) is 35.8 Å². The van der Waals surface area contributed by atoms with Crippen molar-refractivity contribution in [2.45, 2.75) is 27.3 Å². The number of anilines is 1. The Hall–Kier alpha value is -1.79. The van der Waals surface area contributed by atoms with E-state index in [0.717, 1.165) is 16.7 Å². The average Bonchev–Trinajstić information content (AvgIpc) is 2.42. The molecule has 2 aromatic carbocycles. The first kappa shape index (κ1) is 14.6. The van der Waals surface area contributed by atoms with Crippen molar-refractivity contribution in [3.8, 4) is 6.07 Å². The van der Waals surface area contributed by atoms with Gasteiger partial charge in [-0.25, -0.2) is 0 Å². The minimum Gasteiger partial charge on any atom is -0.380 e. The summed E-state index contributed by atoms with van der Waals surface area (Å²) in [6, 6.07) is 12.3. The SMILES string of the molecule is Cc1cc(C)c(CNc2ccc(Br)cc2C#N)cc1C. The molecule has 0 aliphatic carbocycles. The lowest BCUT2D eigenvalue weighted by Gasteiger charge is -2.13. The minimum atomic E-state index is 0.654. The first-order valence-corrected chi connectivity index (χ1v) is 7.31. The van der Waals surface area contributed by atoms with Crippen LogP contribution in [-0.4, -0.2) is 0 Å². The molecule has 0 spiro atoms. The molecule has 0 atom stereocenters. The first-order chi connectivity index (χ1) is 9.51. The summed E-state index contributed by atoms with van der Waals surface area (Å²) in [7, 11) is 0. The maximum Gasteiger partial charge on any atom is 0.101 e. The van der Waals surface area contributed by atoms with Gasteiger partial charge in [0.15, 0.2) is 0 Å². The van der Waals surface area contributed by atoms with E-state index in [1.807, 2.05) is 18.2 Å². The van der Waals surface area contributed by atoms with Gasteiger partial charge in [-0.2, -0.15) is 5.26 Å². The van der Waals surface area contributed by atoms with E-state index >= 15 is 0 Å². The molecule has 0 amide bonds. The van der Waals surface area contributed by atoms with Crippen LogP contribution in [0.5, 0.6) is 0 Å². The second-order valence-electron chi connectivity index (χ2n) is 5.02. The number of nitrogens with zero attached hydrogens (tertiary/aromatic N) is 1. The number of benzene rings is 2. The van der Waals surface area contributed by atoms with Crippen LogP contribution in [0.15, 0.2) is 34.8 Å². The molecule has 0 heterocycles. The molecule has 0 fully saturated rings. The van der Waals surface area contributed by atoms with E-state index in [1.165, 1.54) is 22.3 Å². The number of halogens is 1. The number of nitriles is 1. The molecule has 20 heavy (non-hydrogen) atoms. The molecule has 0 saturated heterocycles. The van der Waals surface area contributed by atoms with Crippen LogP contribution >= 0.6 is 15.9 Å². The number of hydrogen-bond donors (Lipinski definition) is 1. The fraction of sp³-hybridized carbons (Fsp3) is 0.235. The van der Waals surface area contributed by atoms with Gasteiger partial charge >= 0.3 is 0 Å². The van der Waals surface area contributed by atoms with Crippen molar-refractivity contribution in [1.82, 2.24) is 0 Å². The highest BCUT2D eigenvalue weighted by Gasteiger charge is 2.05. The van der Waals surface area contributed by atoms with Crippen molar-refractivity contribution >= 4 is 21.6 Å². The molecule has 3 heteroatoms. The summed E-state index contributed by atoms with van der Waals surface area (Å²) >= 11 is 3.38. The molecule has 0 aliphatic heterocycles. The van der Waals surface area contributed by atoms with E-state index in [1.54, 1.807) is 0 Å². The van der Waals surface area contributed by atoms with Crippen LogP contribution in [0.3, 0.4) is 0 Å². The van der Waals surface area contributed by atoms with Gasteiger partial charge in [-0.05, 0) is 61.2 Å². The zero-order valence-corrected chi connectivity index (χ0v) is 13.5. The second kappa shape index (κ2) is 6.11. The number of nitrogens with one attached hydrogen (secondary N) is 1. The van der Waals surface area contributed by atoms with Gasteiger partial charge in [-0.15, -0.1) is 0 Å². The third-order valence-electron chi connectivity index (χ3n) is 3.52. The predicted molar refractivity (Wildman–Crippen MR) is 86.8 cm³/mol. The predicted octanol–water partition coefficient (Wildman–Crippen LogP) is 4.86. The van der Waals surface area contributed by atoms with Crippen LogP contribution < -0.4 is 5.32 Å². The van der Waals surface area contributed by atoms with E-state index in [0.29, 0.717) is 5.56 Å². The fourth-order valence-electron chi connectivity index (χ4n) is 2.16. The lowest BCUT2D eigenvalue weighted by molar-refractivity contribution is 1.10. The van der Waals surface area contributed by atoms with Crippen molar-refractivity contribution in [3.63, 3.8) is 0 Å². The molecule has 102 valence electrons. The normalized spacial score (nSPS) is 10.2. The summed E-state index contributed by atoms with van der Waals surface area (Å²) in [5.74, 6) is 0. The first-order valence-electron chi connectivity index (χ1n) is 6.51. The molecule has 2 rings (SSSR count). The van der Waals surface area contributed by atoms with Gasteiger partial charge in [0.05, 0.1) is 11.3 Å². The highest BCUT2D eigenvalue weighted by atomic mass is 79.9. The standard InChI is InChI=1S/C17H17BrN2/c1-11-6-13(3)15(7-12(11)2)10-20-17-5-4-16(18)8-14(17)9-19/h4-8,20H,10H2,1-3H3. The molecule has 0 aliphatic rings.